The number of aliphatic imine (C=N–C) groups is 1. The molecule has 0 bridgehead atoms. The molecule has 5 nitrogen and oxygen atoms in total. The van der Waals surface area contributed by atoms with Crippen molar-refractivity contribution in [3.05, 3.63) is 149 Å². The Hall–Kier alpha value is -5.20. The molecule has 0 fully saturated rings. The summed E-state index contributed by atoms with van der Waals surface area (Å²) in [6, 6.07) is 37.3. The first kappa shape index (κ1) is 36.4. The summed E-state index contributed by atoms with van der Waals surface area (Å²) in [5.74, 6) is 2.41. The van der Waals surface area contributed by atoms with E-state index in [1.165, 1.54) is 38.6 Å². The van der Waals surface area contributed by atoms with Gasteiger partial charge in [0.25, 0.3) is 0 Å². The van der Waals surface area contributed by atoms with Gasteiger partial charge in [0.1, 0.15) is 17.3 Å². The molecule has 0 radical (unpaired) electrons. The van der Waals surface area contributed by atoms with Crippen LogP contribution in [-0.2, 0) is 22.7 Å². The largest absolute Gasteiger partial charge is 0.457 e. The maximum Gasteiger partial charge on any atom is 0.137 e. The minimum absolute atomic E-state index is 0.0141. The summed E-state index contributed by atoms with van der Waals surface area (Å²) in [5.41, 5.74) is 12.2. The molecule has 0 spiro atoms. The van der Waals surface area contributed by atoms with E-state index in [9.17, 15) is 0 Å². The molecule has 0 saturated heterocycles. The fraction of sp³-hybridized carbons (Fsp3) is 0.300. The van der Waals surface area contributed by atoms with Gasteiger partial charge in [-0.3, -0.25) is 14.5 Å². The van der Waals surface area contributed by atoms with E-state index in [0.717, 1.165) is 56.6 Å². The summed E-state index contributed by atoms with van der Waals surface area (Å²) >= 11 is 1.89. The van der Waals surface area contributed by atoms with Gasteiger partial charge in [0.15, 0.2) is 0 Å². The summed E-state index contributed by atoms with van der Waals surface area (Å²) in [6.07, 6.45) is 4.76. The van der Waals surface area contributed by atoms with Gasteiger partial charge in [-0.25, -0.2) is 4.98 Å². The summed E-state index contributed by atoms with van der Waals surface area (Å²) < 4.78 is 9.16. The number of hydrogen-bond acceptors (Lipinski definition) is 5. The highest BCUT2D eigenvalue weighted by molar-refractivity contribution is 8.15. The monoisotopic (exact) mass is 754 g/mol. The van der Waals surface area contributed by atoms with Crippen LogP contribution in [-0.4, -0.2) is 25.6 Å². The molecule has 9 rings (SSSR count). The number of pyridine rings is 2. The van der Waals surface area contributed by atoms with Crippen molar-refractivity contribution in [2.45, 2.75) is 96.3 Å². The number of benzene rings is 4. The highest BCUT2D eigenvalue weighted by atomic mass is 32.2. The number of rotatable bonds is 5. The molecule has 6 heteroatoms. The molecule has 0 unspecified atom stereocenters. The zero-order chi connectivity index (χ0) is 39.1. The van der Waals surface area contributed by atoms with Crippen molar-refractivity contribution in [3.8, 4) is 28.6 Å². The van der Waals surface area contributed by atoms with Gasteiger partial charge in [-0.15, -0.1) is 0 Å². The molecule has 1 aliphatic heterocycles. The number of fused-ring (bicyclic) bond motifs is 6. The molecule has 4 aromatic carbocycles. The van der Waals surface area contributed by atoms with Gasteiger partial charge in [-0.05, 0) is 117 Å². The molecule has 2 aliphatic rings. The first-order valence-corrected chi connectivity index (χ1v) is 20.7. The summed E-state index contributed by atoms with van der Waals surface area (Å²) in [4.78, 5) is 15.1. The highest BCUT2D eigenvalue weighted by Gasteiger charge is 2.41. The van der Waals surface area contributed by atoms with Crippen LogP contribution in [0.5, 0.6) is 11.5 Å². The van der Waals surface area contributed by atoms with Crippen LogP contribution in [0.25, 0.3) is 38.9 Å². The van der Waals surface area contributed by atoms with Gasteiger partial charge in [0.05, 0.1) is 33.1 Å². The third-order valence-corrected chi connectivity index (χ3v) is 12.8. The van der Waals surface area contributed by atoms with E-state index in [0.29, 0.717) is 5.25 Å². The highest BCUT2D eigenvalue weighted by Crippen LogP contribution is 2.51. The molecule has 0 N–H and O–H groups in total. The minimum atomic E-state index is -0.0141. The second-order valence-electron chi connectivity index (χ2n) is 18.6. The van der Waals surface area contributed by atoms with Gasteiger partial charge in [-0.2, -0.15) is 0 Å². The van der Waals surface area contributed by atoms with E-state index >= 15 is 0 Å². The molecule has 2 atom stereocenters. The van der Waals surface area contributed by atoms with Crippen molar-refractivity contribution in [3.63, 3.8) is 0 Å². The van der Waals surface area contributed by atoms with Crippen LogP contribution < -0.4 is 4.74 Å². The lowest BCUT2D eigenvalue weighted by Gasteiger charge is -2.23. The van der Waals surface area contributed by atoms with Crippen LogP contribution in [0.4, 0.5) is 0 Å². The Kier molecular flexibility index (Phi) is 8.59. The van der Waals surface area contributed by atoms with Gasteiger partial charge in [0.2, 0.25) is 0 Å². The summed E-state index contributed by atoms with van der Waals surface area (Å²) in [5, 5.41) is 3.75. The minimum Gasteiger partial charge on any atom is -0.457 e. The zero-order valence-corrected chi connectivity index (χ0v) is 34.8. The maximum atomic E-state index is 6.87. The van der Waals surface area contributed by atoms with Crippen LogP contribution in [0.3, 0.4) is 0 Å². The fourth-order valence-electron chi connectivity index (χ4n) is 8.41. The van der Waals surface area contributed by atoms with Crippen molar-refractivity contribution in [2.24, 2.45) is 4.99 Å². The van der Waals surface area contributed by atoms with Crippen LogP contribution in [0.2, 0.25) is 0 Å². The summed E-state index contributed by atoms with van der Waals surface area (Å²) in [6.45, 7) is 20.5. The number of aromatic nitrogens is 3. The fourth-order valence-corrected chi connectivity index (χ4v) is 9.76. The molecule has 0 amide bonds. The van der Waals surface area contributed by atoms with E-state index in [-0.39, 0.29) is 22.3 Å². The molecule has 3 aromatic heterocycles. The van der Waals surface area contributed by atoms with Crippen LogP contribution in [0.15, 0.2) is 121 Å². The Morgan fingerprint density at radius 3 is 2.16 bits per heavy atom. The van der Waals surface area contributed by atoms with E-state index in [4.69, 9.17) is 19.7 Å². The van der Waals surface area contributed by atoms with Crippen LogP contribution >= 0.6 is 11.8 Å². The Labute approximate surface area is 335 Å². The molecule has 0 saturated carbocycles. The zero-order valence-electron chi connectivity index (χ0n) is 33.9. The lowest BCUT2D eigenvalue weighted by molar-refractivity contribution is 0.483. The van der Waals surface area contributed by atoms with Gasteiger partial charge < -0.3 is 4.74 Å². The van der Waals surface area contributed by atoms with E-state index in [1.807, 2.05) is 36.3 Å². The summed E-state index contributed by atoms with van der Waals surface area (Å²) in [7, 11) is 0. The average Bonchev–Trinajstić information content (AvgIpc) is 3.83. The van der Waals surface area contributed by atoms with Crippen molar-refractivity contribution >= 4 is 38.6 Å². The van der Waals surface area contributed by atoms with E-state index < -0.39 is 0 Å². The van der Waals surface area contributed by atoms with Crippen molar-refractivity contribution in [1.29, 1.82) is 0 Å². The normalized spacial score (nSPS) is 17.0. The second-order valence-corrected chi connectivity index (χ2v) is 19.7. The van der Waals surface area contributed by atoms with E-state index in [2.05, 4.69) is 158 Å². The Balaban J connectivity index is 1.14. The van der Waals surface area contributed by atoms with Gasteiger partial charge >= 0.3 is 0 Å². The number of nitrogens with zero attached hydrogens (tertiary/aromatic N) is 4. The predicted octanol–water partition coefficient (Wildman–Crippen LogP) is 13.1. The molecular weight excluding hydrogens is 705 g/mol. The predicted molar refractivity (Wildman–Crippen MR) is 235 cm³/mol. The van der Waals surface area contributed by atoms with Crippen molar-refractivity contribution in [1.82, 2.24) is 14.5 Å². The molecule has 56 heavy (non-hydrogen) atoms. The van der Waals surface area contributed by atoms with Crippen molar-refractivity contribution < 1.29 is 4.74 Å². The third-order valence-electron chi connectivity index (χ3n) is 11.4. The van der Waals surface area contributed by atoms with Gasteiger partial charge in [0, 0.05) is 40.4 Å². The standard InChI is InChI=1S/C50H50N4OS/c1-48(2,3)32-16-19-43-39(26-32)36-18-17-34(28-44(36)54(43)45-27-33(20-22-52-45)49(4,5)6)55-35-24-30(41-15-10-11-21-51-41)23-31(25-35)47-53-42-29-38-37(46(42)56-47)13-12-14-40(38)50(7,8)9/h10-28,42,46H,29H2,1-9H3/t42-,46+/m1/s1. The lowest BCUT2D eigenvalue weighted by Crippen LogP contribution is -2.14. The Bertz CT molecular complexity index is 2690. The quantitative estimate of drug-likeness (QED) is 0.176. The first-order chi connectivity index (χ1) is 26.6. The Morgan fingerprint density at radius 1 is 0.625 bits per heavy atom. The van der Waals surface area contributed by atoms with Crippen LogP contribution in [0.1, 0.15) is 101 Å². The Morgan fingerprint density at radius 2 is 1.41 bits per heavy atom. The molecule has 4 heterocycles. The average molecular weight is 755 g/mol. The first-order valence-electron chi connectivity index (χ1n) is 19.8. The van der Waals surface area contributed by atoms with Crippen LogP contribution in [0, 0.1) is 0 Å². The molecular formula is C50H50N4OS. The third kappa shape index (κ3) is 6.52. The van der Waals surface area contributed by atoms with Gasteiger partial charge in [-0.1, -0.05) is 104 Å². The van der Waals surface area contributed by atoms with Crippen molar-refractivity contribution in [2.75, 3.05) is 0 Å². The molecule has 282 valence electrons. The smallest absolute Gasteiger partial charge is 0.137 e. The molecule has 7 aromatic rings. The lowest BCUT2D eigenvalue weighted by atomic mass is 9.82. The number of hydrogen-bond donors (Lipinski definition) is 0. The molecule has 1 aliphatic carbocycles. The number of ether oxygens (including phenoxy) is 1. The second kappa shape index (κ2) is 13.2. The SMILES string of the molecule is CC(C)(C)c1ccnc(-n2c3ccc(C(C)(C)C)cc3c3ccc(Oc4cc(C5=N[C@@H]6Cc7c(cccc7C(C)(C)C)[C@@H]6S5)cc(-c5ccccn5)c4)cc32)c1. The maximum absolute atomic E-state index is 6.87. The van der Waals surface area contributed by atoms with E-state index in [1.54, 1.807) is 0 Å². The number of thioether (sulfide) groups is 1. The topological polar surface area (TPSA) is 52.3 Å².